The molecular weight excluding hydrogens is 361 g/mol. The van der Waals surface area contributed by atoms with Gasteiger partial charge in [0.25, 0.3) is 5.91 Å². The minimum absolute atomic E-state index is 0.0864. The second kappa shape index (κ2) is 8.90. The summed E-state index contributed by atoms with van der Waals surface area (Å²) in [6.45, 7) is 2.35. The van der Waals surface area contributed by atoms with E-state index >= 15 is 0 Å². The molecule has 2 amide bonds. The van der Waals surface area contributed by atoms with Crippen LogP contribution in [0.4, 0.5) is 10.1 Å². The third kappa shape index (κ3) is 5.23. The number of carbonyl (C=O) groups is 2. The molecule has 0 spiro atoms. The number of rotatable bonds is 7. The highest BCUT2D eigenvalue weighted by atomic mass is 19.1. The van der Waals surface area contributed by atoms with Crippen LogP contribution < -0.4 is 10.6 Å². The molecule has 2 N–H and O–H groups in total. The Labute approximate surface area is 161 Å². The van der Waals surface area contributed by atoms with E-state index in [9.17, 15) is 14.0 Å². The Hall–Kier alpha value is -3.55. The summed E-state index contributed by atoms with van der Waals surface area (Å²) in [4.78, 5) is 28.0. The molecule has 0 fully saturated rings. The van der Waals surface area contributed by atoms with E-state index in [1.807, 2.05) is 19.1 Å². The molecule has 28 heavy (non-hydrogen) atoms. The van der Waals surface area contributed by atoms with Crippen LogP contribution in [0.2, 0.25) is 0 Å². The average molecular weight is 381 g/mol. The van der Waals surface area contributed by atoms with E-state index in [-0.39, 0.29) is 17.9 Å². The number of nitrogens with one attached hydrogen (secondary N) is 2. The molecule has 0 radical (unpaired) electrons. The minimum atomic E-state index is -0.391. The summed E-state index contributed by atoms with van der Waals surface area (Å²) in [5, 5.41) is 9.64. The summed E-state index contributed by atoms with van der Waals surface area (Å²) < 4.78 is 14.5. The van der Waals surface area contributed by atoms with Gasteiger partial charge in [-0.1, -0.05) is 12.1 Å². The van der Waals surface area contributed by atoms with Crippen molar-refractivity contribution in [2.24, 2.45) is 0 Å². The van der Waals surface area contributed by atoms with Gasteiger partial charge >= 0.3 is 0 Å². The third-order valence-electron chi connectivity index (χ3n) is 4.19. The van der Waals surface area contributed by atoms with Gasteiger partial charge in [0.15, 0.2) is 0 Å². The highest BCUT2D eigenvalue weighted by Gasteiger charge is 2.11. The number of hydrogen-bond donors (Lipinski definition) is 2. The van der Waals surface area contributed by atoms with Crippen molar-refractivity contribution in [3.05, 3.63) is 78.1 Å². The number of nitrogens with zero attached hydrogens (tertiary/aromatic N) is 3. The second-order valence-corrected chi connectivity index (χ2v) is 6.28. The maximum absolute atomic E-state index is 12.9. The lowest BCUT2D eigenvalue weighted by Gasteiger charge is -2.15. The Morgan fingerprint density at radius 1 is 1.11 bits per heavy atom. The predicted octanol–water partition coefficient (Wildman–Crippen LogP) is 2.94. The third-order valence-corrected chi connectivity index (χ3v) is 4.19. The number of halogens is 1. The molecule has 0 aliphatic carbocycles. The van der Waals surface area contributed by atoms with Crippen molar-refractivity contribution in [3.63, 3.8) is 0 Å². The lowest BCUT2D eigenvalue weighted by molar-refractivity contribution is -0.122. The Kier molecular flexibility index (Phi) is 6.11. The minimum Gasteiger partial charge on any atom is -0.350 e. The van der Waals surface area contributed by atoms with Crippen molar-refractivity contribution < 1.29 is 14.0 Å². The zero-order chi connectivity index (χ0) is 19.9. The number of hydrogen-bond acceptors (Lipinski definition) is 4. The molecule has 0 saturated heterocycles. The van der Waals surface area contributed by atoms with Crippen molar-refractivity contribution in [1.82, 2.24) is 20.1 Å². The highest BCUT2D eigenvalue weighted by molar-refractivity contribution is 6.04. The van der Waals surface area contributed by atoms with Crippen molar-refractivity contribution in [3.8, 4) is 0 Å². The zero-order valence-corrected chi connectivity index (χ0v) is 15.3. The predicted molar refractivity (Wildman–Crippen MR) is 102 cm³/mol. The molecule has 7 nitrogen and oxygen atoms in total. The summed E-state index contributed by atoms with van der Waals surface area (Å²) >= 11 is 0. The van der Waals surface area contributed by atoms with E-state index in [2.05, 4.69) is 20.7 Å². The second-order valence-electron chi connectivity index (χ2n) is 6.28. The van der Waals surface area contributed by atoms with Gasteiger partial charge in [-0.15, -0.1) is 0 Å². The molecule has 2 aromatic carbocycles. The molecule has 8 heteroatoms. The van der Waals surface area contributed by atoms with E-state index in [0.29, 0.717) is 24.2 Å². The maximum atomic E-state index is 12.9. The number of anilines is 1. The molecule has 1 atom stereocenters. The van der Waals surface area contributed by atoms with E-state index in [1.165, 1.54) is 30.6 Å². The number of amides is 2. The first-order valence-corrected chi connectivity index (χ1v) is 8.80. The van der Waals surface area contributed by atoms with Crippen molar-refractivity contribution in [1.29, 1.82) is 0 Å². The molecule has 144 valence electrons. The SMILES string of the molecule is C[C@H](NC(=O)CCn1cncn1)c1ccc(NC(=O)c2ccc(F)cc2)cc1. The summed E-state index contributed by atoms with van der Waals surface area (Å²) in [5.41, 5.74) is 1.90. The van der Waals surface area contributed by atoms with E-state index < -0.39 is 5.82 Å². The summed E-state index contributed by atoms with van der Waals surface area (Å²) in [6, 6.07) is 12.3. The van der Waals surface area contributed by atoms with Crippen LogP contribution in [-0.4, -0.2) is 26.6 Å². The lowest BCUT2D eigenvalue weighted by atomic mass is 10.1. The van der Waals surface area contributed by atoms with Gasteiger partial charge in [0.2, 0.25) is 5.91 Å². The van der Waals surface area contributed by atoms with Crippen LogP contribution in [0.1, 0.15) is 35.3 Å². The van der Waals surface area contributed by atoms with Gasteiger partial charge in [-0.25, -0.2) is 9.37 Å². The van der Waals surface area contributed by atoms with Crippen LogP contribution in [0.5, 0.6) is 0 Å². The van der Waals surface area contributed by atoms with Crippen LogP contribution in [0.15, 0.2) is 61.2 Å². The summed E-state index contributed by atoms with van der Waals surface area (Å²) in [5.74, 6) is -0.794. The fraction of sp³-hybridized carbons (Fsp3) is 0.200. The van der Waals surface area contributed by atoms with Crippen LogP contribution in [0.25, 0.3) is 0 Å². The van der Waals surface area contributed by atoms with Crippen LogP contribution >= 0.6 is 0 Å². The number of aromatic nitrogens is 3. The van der Waals surface area contributed by atoms with E-state index in [4.69, 9.17) is 0 Å². The Morgan fingerprint density at radius 3 is 2.46 bits per heavy atom. The van der Waals surface area contributed by atoms with Gasteiger partial charge in [-0.05, 0) is 48.9 Å². The van der Waals surface area contributed by atoms with Gasteiger partial charge in [0.1, 0.15) is 18.5 Å². The lowest BCUT2D eigenvalue weighted by Crippen LogP contribution is -2.27. The molecule has 3 aromatic rings. The van der Waals surface area contributed by atoms with E-state index in [1.54, 1.807) is 23.1 Å². The molecule has 1 aromatic heterocycles. The van der Waals surface area contributed by atoms with Crippen molar-refractivity contribution in [2.45, 2.75) is 25.9 Å². The smallest absolute Gasteiger partial charge is 0.255 e. The quantitative estimate of drug-likeness (QED) is 0.659. The van der Waals surface area contributed by atoms with Crippen LogP contribution in [-0.2, 0) is 11.3 Å². The molecule has 0 saturated carbocycles. The Balaban J connectivity index is 1.52. The normalized spacial score (nSPS) is 11.6. The Morgan fingerprint density at radius 2 is 1.82 bits per heavy atom. The van der Waals surface area contributed by atoms with Crippen LogP contribution in [0, 0.1) is 5.82 Å². The molecule has 0 aliphatic heterocycles. The monoisotopic (exact) mass is 381 g/mol. The molecule has 3 rings (SSSR count). The number of carbonyl (C=O) groups excluding carboxylic acids is 2. The van der Waals surface area contributed by atoms with Gasteiger partial charge in [0, 0.05) is 17.7 Å². The van der Waals surface area contributed by atoms with Gasteiger partial charge in [0.05, 0.1) is 12.6 Å². The van der Waals surface area contributed by atoms with Crippen molar-refractivity contribution >= 4 is 17.5 Å². The average Bonchev–Trinajstić information content (AvgIpc) is 3.21. The summed E-state index contributed by atoms with van der Waals surface area (Å²) in [7, 11) is 0. The molecular formula is C20H20FN5O2. The molecule has 1 heterocycles. The fourth-order valence-corrected chi connectivity index (χ4v) is 2.62. The van der Waals surface area contributed by atoms with Crippen molar-refractivity contribution in [2.75, 3.05) is 5.32 Å². The number of aryl methyl sites for hydroxylation is 1. The van der Waals surface area contributed by atoms with Gasteiger partial charge < -0.3 is 10.6 Å². The largest absolute Gasteiger partial charge is 0.350 e. The first-order valence-electron chi connectivity index (χ1n) is 8.80. The van der Waals surface area contributed by atoms with E-state index in [0.717, 1.165) is 5.56 Å². The molecule has 0 bridgehead atoms. The molecule has 0 unspecified atom stereocenters. The van der Waals surface area contributed by atoms with Gasteiger partial charge in [-0.3, -0.25) is 14.3 Å². The topological polar surface area (TPSA) is 88.9 Å². The standard InChI is InChI=1S/C20H20FN5O2/c1-14(24-19(27)10-11-26-13-22-12-23-26)15-4-8-18(9-5-15)25-20(28)16-2-6-17(21)7-3-16/h2-9,12-14H,10-11H2,1H3,(H,24,27)(H,25,28)/t14-/m0/s1. The fourth-order valence-electron chi connectivity index (χ4n) is 2.62. The first-order chi connectivity index (χ1) is 13.5. The maximum Gasteiger partial charge on any atom is 0.255 e. The first kappa shape index (κ1) is 19.2. The van der Waals surface area contributed by atoms with Gasteiger partial charge in [-0.2, -0.15) is 5.10 Å². The van der Waals surface area contributed by atoms with Crippen LogP contribution in [0.3, 0.4) is 0 Å². The molecule has 0 aliphatic rings. The summed E-state index contributed by atoms with van der Waals surface area (Å²) in [6.07, 6.45) is 3.30. The zero-order valence-electron chi connectivity index (χ0n) is 15.3. The Bertz CT molecular complexity index is 924. The number of benzene rings is 2. The highest BCUT2D eigenvalue weighted by Crippen LogP contribution is 2.17.